The van der Waals surface area contributed by atoms with Crippen molar-refractivity contribution >= 4 is 49.6 Å². The Morgan fingerprint density at radius 3 is 2.50 bits per heavy atom. The summed E-state index contributed by atoms with van der Waals surface area (Å²) in [6, 6.07) is 5.55. The number of nitrogens with two attached hydrogens (primary N) is 1. The fourth-order valence-corrected chi connectivity index (χ4v) is 2.31. The predicted molar refractivity (Wildman–Crippen MR) is 56.3 cm³/mol. The molecule has 1 nitrogen and oxygen atoms in total. The van der Waals surface area contributed by atoms with Gasteiger partial charge < -0.3 is 5.73 Å². The van der Waals surface area contributed by atoms with Crippen LogP contribution in [0, 0.1) is 0 Å². The fraction of sp³-hybridized carbons (Fsp3) is 0. The first-order valence-corrected chi connectivity index (χ1v) is 4.88. The lowest BCUT2D eigenvalue weighted by Crippen LogP contribution is -1.72. The molecule has 0 saturated heterocycles. The largest absolute Gasteiger partial charge is 0.391 e. The standard InChI is InChI=1S/C8H5Cl2NS/c9-5-1-4-2-8(11)12-7(4)3-6(5)10/h1-3H,11H2. The maximum atomic E-state index is 5.83. The quantitative estimate of drug-likeness (QED) is 0.715. The van der Waals surface area contributed by atoms with Crippen molar-refractivity contribution in [3.8, 4) is 0 Å². The molecule has 2 N–H and O–H groups in total. The maximum Gasteiger partial charge on any atom is 0.0868 e. The number of nitrogen functional groups attached to an aromatic ring is 1. The summed E-state index contributed by atoms with van der Waals surface area (Å²) in [5.41, 5.74) is 5.62. The molecule has 0 saturated carbocycles. The van der Waals surface area contributed by atoms with E-state index in [2.05, 4.69) is 0 Å². The SMILES string of the molecule is Nc1cc2cc(Cl)c(Cl)cc2s1. The van der Waals surface area contributed by atoms with Gasteiger partial charge in [0.05, 0.1) is 15.0 Å². The van der Waals surface area contributed by atoms with Gasteiger partial charge in [-0.25, -0.2) is 0 Å². The molecule has 62 valence electrons. The fourth-order valence-electron chi connectivity index (χ4n) is 1.05. The molecule has 0 aliphatic carbocycles. The van der Waals surface area contributed by atoms with Crippen LogP contribution < -0.4 is 5.73 Å². The van der Waals surface area contributed by atoms with Crippen LogP contribution in [0.2, 0.25) is 10.0 Å². The number of fused-ring (bicyclic) bond motifs is 1. The first kappa shape index (κ1) is 8.17. The summed E-state index contributed by atoms with van der Waals surface area (Å²) in [5, 5.41) is 2.98. The lowest BCUT2D eigenvalue weighted by atomic mass is 10.3. The first-order chi connectivity index (χ1) is 5.66. The molecule has 1 heterocycles. The number of thiophene rings is 1. The zero-order valence-electron chi connectivity index (χ0n) is 5.97. The van der Waals surface area contributed by atoms with E-state index in [1.54, 1.807) is 0 Å². The molecule has 0 unspecified atom stereocenters. The number of hydrogen-bond donors (Lipinski definition) is 1. The van der Waals surface area contributed by atoms with Crippen LogP contribution in [-0.2, 0) is 0 Å². The lowest BCUT2D eigenvalue weighted by molar-refractivity contribution is 1.84. The predicted octanol–water partition coefficient (Wildman–Crippen LogP) is 3.79. The molecule has 0 bridgehead atoms. The van der Waals surface area contributed by atoms with Crippen molar-refractivity contribution in [1.29, 1.82) is 0 Å². The van der Waals surface area contributed by atoms with Crippen molar-refractivity contribution < 1.29 is 0 Å². The molecule has 0 radical (unpaired) electrons. The minimum absolute atomic E-state index is 0.571. The molecule has 12 heavy (non-hydrogen) atoms. The molecule has 0 spiro atoms. The maximum absolute atomic E-state index is 5.83. The van der Waals surface area contributed by atoms with E-state index in [0.29, 0.717) is 10.0 Å². The Hall–Kier alpha value is -0.440. The highest BCUT2D eigenvalue weighted by atomic mass is 35.5. The molecule has 0 fully saturated rings. The third kappa shape index (κ3) is 1.26. The Balaban J connectivity index is 2.83. The van der Waals surface area contributed by atoms with Crippen LogP contribution in [0.1, 0.15) is 0 Å². The van der Waals surface area contributed by atoms with Gasteiger partial charge in [0.1, 0.15) is 0 Å². The number of rotatable bonds is 0. The van der Waals surface area contributed by atoms with Gasteiger partial charge in [0.25, 0.3) is 0 Å². The summed E-state index contributed by atoms with van der Waals surface area (Å²) < 4.78 is 1.07. The van der Waals surface area contributed by atoms with Crippen molar-refractivity contribution in [3.63, 3.8) is 0 Å². The number of benzene rings is 1. The summed E-state index contributed by atoms with van der Waals surface area (Å²) in [6.45, 7) is 0. The van der Waals surface area contributed by atoms with Gasteiger partial charge in [-0.2, -0.15) is 0 Å². The van der Waals surface area contributed by atoms with E-state index in [0.717, 1.165) is 15.1 Å². The summed E-state index contributed by atoms with van der Waals surface area (Å²) in [5.74, 6) is 0. The highest BCUT2D eigenvalue weighted by molar-refractivity contribution is 7.22. The van der Waals surface area contributed by atoms with Crippen LogP contribution >= 0.6 is 34.5 Å². The van der Waals surface area contributed by atoms with Crippen molar-refractivity contribution in [3.05, 3.63) is 28.2 Å². The Bertz CT molecular complexity index is 397. The average molecular weight is 218 g/mol. The average Bonchev–Trinajstić information content (AvgIpc) is 2.30. The normalized spacial score (nSPS) is 10.8. The van der Waals surface area contributed by atoms with Crippen molar-refractivity contribution in [2.45, 2.75) is 0 Å². The monoisotopic (exact) mass is 217 g/mol. The van der Waals surface area contributed by atoms with Gasteiger partial charge in [-0.15, -0.1) is 11.3 Å². The smallest absolute Gasteiger partial charge is 0.0868 e. The van der Waals surface area contributed by atoms with Gasteiger partial charge in [-0.1, -0.05) is 23.2 Å². The van der Waals surface area contributed by atoms with Crippen LogP contribution in [0.25, 0.3) is 10.1 Å². The van der Waals surface area contributed by atoms with E-state index in [1.807, 2.05) is 18.2 Å². The molecule has 0 atom stereocenters. The lowest BCUT2D eigenvalue weighted by Gasteiger charge is -1.93. The molecule has 0 aliphatic rings. The summed E-state index contributed by atoms with van der Waals surface area (Å²) in [7, 11) is 0. The number of anilines is 1. The summed E-state index contributed by atoms with van der Waals surface area (Å²) in [6.07, 6.45) is 0. The second-order valence-electron chi connectivity index (χ2n) is 2.45. The van der Waals surface area contributed by atoms with E-state index in [4.69, 9.17) is 28.9 Å². The van der Waals surface area contributed by atoms with Gasteiger partial charge in [0.2, 0.25) is 0 Å². The molecular weight excluding hydrogens is 213 g/mol. The molecular formula is C8H5Cl2NS. The topological polar surface area (TPSA) is 26.0 Å². The third-order valence-electron chi connectivity index (χ3n) is 1.58. The minimum Gasteiger partial charge on any atom is -0.391 e. The zero-order chi connectivity index (χ0) is 8.72. The van der Waals surface area contributed by atoms with Crippen LogP contribution in [0.5, 0.6) is 0 Å². The Kier molecular flexibility index (Phi) is 1.91. The van der Waals surface area contributed by atoms with Gasteiger partial charge in [0.15, 0.2) is 0 Å². The molecule has 0 aliphatic heterocycles. The number of hydrogen-bond acceptors (Lipinski definition) is 2. The first-order valence-electron chi connectivity index (χ1n) is 3.31. The minimum atomic E-state index is 0.571. The Morgan fingerprint density at radius 1 is 1.08 bits per heavy atom. The van der Waals surface area contributed by atoms with Crippen molar-refractivity contribution in [2.75, 3.05) is 5.73 Å². The second kappa shape index (κ2) is 2.80. The van der Waals surface area contributed by atoms with Crippen molar-refractivity contribution in [2.24, 2.45) is 0 Å². The highest BCUT2D eigenvalue weighted by Gasteiger charge is 2.03. The van der Waals surface area contributed by atoms with E-state index in [9.17, 15) is 0 Å². The van der Waals surface area contributed by atoms with Gasteiger partial charge in [0, 0.05) is 4.70 Å². The molecule has 1 aromatic carbocycles. The van der Waals surface area contributed by atoms with E-state index in [1.165, 1.54) is 11.3 Å². The van der Waals surface area contributed by atoms with E-state index in [-0.39, 0.29) is 0 Å². The molecule has 2 aromatic rings. The Morgan fingerprint density at radius 2 is 1.75 bits per heavy atom. The zero-order valence-corrected chi connectivity index (χ0v) is 8.30. The summed E-state index contributed by atoms with van der Waals surface area (Å²) in [4.78, 5) is 0. The van der Waals surface area contributed by atoms with E-state index >= 15 is 0 Å². The molecule has 2 rings (SSSR count). The molecule has 1 aromatic heterocycles. The number of halogens is 2. The highest BCUT2D eigenvalue weighted by Crippen LogP contribution is 2.33. The van der Waals surface area contributed by atoms with Crippen LogP contribution in [0.15, 0.2) is 18.2 Å². The van der Waals surface area contributed by atoms with Crippen LogP contribution in [0.4, 0.5) is 5.00 Å². The van der Waals surface area contributed by atoms with Gasteiger partial charge in [-0.3, -0.25) is 0 Å². The van der Waals surface area contributed by atoms with Gasteiger partial charge in [-0.05, 0) is 23.6 Å². The second-order valence-corrected chi connectivity index (χ2v) is 4.38. The van der Waals surface area contributed by atoms with Crippen LogP contribution in [0.3, 0.4) is 0 Å². The van der Waals surface area contributed by atoms with Crippen LogP contribution in [-0.4, -0.2) is 0 Å². The molecule has 0 amide bonds. The third-order valence-corrected chi connectivity index (χ3v) is 3.23. The molecule has 4 heteroatoms. The summed E-state index contributed by atoms with van der Waals surface area (Å²) >= 11 is 13.2. The van der Waals surface area contributed by atoms with Gasteiger partial charge >= 0.3 is 0 Å². The Labute approximate surface area is 83.7 Å². The van der Waals surface area contributed by atoms with Crippen molar-refractivity contribution in [1.82, 2.24) is 0 Å². The van der Waals surface area contributed by atoms with E-state index < -0.39 is 0 Å².